The van der Waals surface area contributed by atoms with Gasteiger partial charge in [-0.15, -0.1) is 0 Å². The summed E-state index contributed by atoms with van der Waals surface area (Å²) in [6, 6.07) is 10.9. The normalized spacial score (nSPS) is 15.7. The molecule has 1 aromatic heterocycles. The van der Waals surface area contributed by atoms with Crippen LogP contribution in [-0.4, -0.2) is 65.3 Å². The van der Waals surface area contributed by atoms with E-state index in [4.69, 9.17) is 20.6 Å². The van der Waals surface area contributed by atoms with Gasteiger partial charge in [0.15, 0.2) is 5.82 Å². The van der Waals surface area contributed by atoms with Crippen molar-refractivity contribution in [2.45, 2.75) is 13.0 Å². The van der Waals surface area contributed by atoms with Crippen LogP contribution in [0.1, 0.15) is 24.4 Å². The summed E-state index contributed by atoms with van der Waals surface area (Å²) in [6.45, 7) is 6.21. The van der Waals surface area contributed by atoms with Crippen molar-refractivity contribution in [2.24, 2.45) is 5.73 Å². The van der Waals surface area contributed by atoms with Crippen molar-refractivity contribution in [3.8, 4) is 5.75 Å². The van der Waals surface area contributed by atoms with Gasteiger partial charge in [-0.2, -0.15) is 0 Å². The van der Waals surface area contributed by atoms with Crippen molar-refractivity contribution < 1.29 is 19.0 Å². The summed E-state index contributed by atoms with van der Waals surface area (Å²) in [7, 11) is 0. The molecule has 4 rings (SSSR count). The molecule has 2 heterocycles. The smallest absolute Gasteiger partial charge is 0.164 e. The first-order valence-electron chi connectivity index (χ1n) is 11.4. The number of ether oxygens (including phenoxy) is 2. The van der Waals surface area contributed by atoms with Crippen LogP contribution in [0.3, 0.4) is 0 Å². The number of rotatable bonds is 8. The summed E-state index contributed by atoms with van der Waals surface area (Å²) in [5.74, 6) is 0.717. The van der Waals surface area contributed by atoms with E-state index >= 15 is 0 Å². The summed E-state index contributed by atoms with van der Waals surface area (Å²) in [6.07, 6.45) is 0.278. The predicted octanol–water partition coefficient (Wildman–Crippen LogP) is 2.81. The maximum absolute atomic E-state index is 13.4. The third kappa shape index (κ3) is 6.50. The number of anilines is 1. The van der Waals surface area contributed by atoms with E-state index in [2.05, 4.69) is 20.2 Å². The Hall–Kier alpha value is -3.60. The number of aromatic nitrogens is 2. The lowest BCUT2D eigenvalue weighted by Crippen LogP contribution is -2.38. The van der Waals surface area contributed by atoms with Gasteiger partial charge in [-0.3, -0.25) is 10.3 Å². The van der Waals surface area contributed by atoms with Crippen molar-refractivity contribution in [2.75, 3.05) is 44.8 Å². The van der Waals surface area contributed by atoms with Crippen LogP contribution in [0.15, 0.2) is 54.2 Å². The predicted molar refractivity (Wildman–Crippen MR) is 132 cm³/mol. The Morgan fingerprint density at radius 3 is 2.71 bits per heavy atom. The maximum Gasteiger partial charge on any atom is 0.164 e. The zero-order chi connectivity index (χ0) is 24.8. The zero-order valence-corrected chi connectivity index (χ0v) is 19.5. The second-order valence-corrected chi connectivity index (χ2v) is 8.29. The van der Waals surface area contributed by atoms with E-state index in [1.54, 1.807) is 13.0 Å². The molecule has 1 saturated heterocycles. The van der Waals surface area contributed by atoms with Gasteiger partial charge in [-0.05, 0) is 42.8 Å². The molecule has 2 aromatic carbocycles. The maximum atomic E-state index is 13.4. The minimum absolute atomic E-state index is 0.0399. The Balaban J connectivity index is 1.62. The number of halogens is 1. The molecule has 0 amide bonds. The lowest BCUT2D eigenvalue weighted by Gasteiger charge is -2.26. The number of aliphatic hydroxyl groups is 1. The molecular formula is C25H29FN6O3. The largest absolute Gasteiger partial charge is 0.492 e. The molecule has 0 aliphatic carbocycles. The van der Waals surface area contributed by atoms with Gasteiger partial charge >= 0.3 is 0 Å². The summed E-state index contributed by atoms with van der Waals surface area (Å²) in [5, 5.41) is 22.6. The molecule has 0 bridgehead atoms. The van der Waals surface area contributed by atoms with E-state index in [0.29, 0.717) is 40.3 Å². The van der Waals surface area contributed by atoms with E-state index in [9.17, 15) is 9.50 Å². The Kier molecular flexibility index (Phi) is 7.86. The fraction of sp³-hybridized carbons (Fsp3) is 0.320. The monoisotopic (exact) mass is 480 g/mol. The minimum Gasteiger partial charge on any atom is -0.492 e. The Bertz CT molecular complexity index is 1210. The lowest BCUT2D eigenvalue weighted by molar-refractivity contribution is 0.0322. The van der Waals surface area contributed by atoms with Crippen LogP contribution in [0.2, 0.25) is 0 Å². The fourth-order valence-electron chi connectivity index (χ4n) is 3.74. The van der Waals surface area contributed by atoms with Gasteiger partial charge in [0.2, 0.25) is 0 Å². The Labute approximate surface area is 202 Å². The number of fused-ring (bicyclic) bond motifs is 1. The standard InChI is InChI=1S/C25H29FN6O3/c1-16(27)14-22(28)30-24-20-7-6-19(35-13-10-32-8-11-34-12-9-32)15-21(20)29-25(31-24)23(33)17-2-4-18(26)5-3-17/h2-7,14-15,23,33H,8-13,27H2,1H3,(H2,28,29,30,31)/b16-14-. The average Bonchev–Trinajstić information content (AvgIpc) is 2.84. The second-order valence-electron chi connectivity index (χ2n) is 8.29. The highest BCUT2D eigenvalue weighted by Crippen LogP contribution is 2.28. The van der Waals surface area contributed by atoms with Crippen molar-refractivity contribution >= 4 is 22.6 Å². The molecule has 1 aliphatic rings. The molecule has 1 aliphatic heterocycles. The number of nitrogens with zero attached hydrogens (tertiary/aromatic N) is 3. The molecule has 1 unspecified atom stereocenters. The van der Waals surface area contributed by atoms with Crippen LogP contribution < -0.4 is 15.8 Å². The number of nitrogens with two attached hydrogens (primary N) is 1. The van der Waals surface area contributed by atoms with Crippen LogP contribution in [0.25, 0.3) is 10.9 Å². The lowest BCUT2D eigenvalue weighted by atomic mass is 10.1. The number of morpholine rings is 1. The molecule has 9 nitrogen and oxygen atoms in total. The third-order valence-corrected chi connectivity index (χ3v) is 5.52. The van der Waals surface area contributed by atoms with Crippen LogP contribution in [0, 0.1) is 11.2 Å². The first-order chi connectivity index (χ1) is 16.9. The quantitative estimate of drug-likeness (QED) is 0.286. The van der Waals surface area contributed by atoms with E-state index in [1.807, 2.05) is 12.1 Å². The van der Waals surface area contributed by atoms with Gasteiger partial charge in [0.1, 0.15) is 35.9 Å². The molecule has 184 valence electrons. The number of aliphatic hydroxyl groups excluding tert-OH is 1. The van der Waals surface area contributed by atoms with Crippen LogP contribution in [-0.2, 0) is 4.74 Å². The van der Waals surface area contributed by atoms with E-state index < -0.39 is 11.9 Å². The highest BCUT2D eigenvalue weighted by atomic mass is 19.1. The molecule has 1 atom stereocenters. The topological polar surface area (TPSA) is 130 Å². The summed E-state index contributed by atoms with van der Waals surface area (Å²) >= 11 is 0. The molecule has 0 radical (unpaired) electrons. The van der Waals surface area contributed by atoms with Crippen molar-refractivity contribution in [3.63, 3.8) is 0 Å². The van der Waals surface area contributed by atoms with E-state index in [1.165, 1.54) is 30.3 Å². The number of amidine groups is 1. The number of hydrogen-bond acceptors (Lipinski definition) is 8. The van der Waals surface area contributed by atoms with E-state index in [0.717, 1.165) is 32.8 Å². The van der Waals surface area contributed by atoms with Gasteiger partial charge in [0, 0.05) is 36.8 Å². The molecule has 0 spiro atoms. The van der Waals surface area contributed by atoms with Gasteiger partial charge in [0.05, 0.1) is 18.7 Å². The highest BCUT2D eigenvalue weighted by molar-refractivity contribution is 6.06. The minimum atomic E-state index is -1.19. The molecule has 5 N–H and O–H groups in total. The van der Waals surface area contributed by atoms with Crippen LogP contribution >= 0.6 is 0 Å². The third-order valence-electron chi connectivity index (χ3n) is 5.52. The SMILES string of the molecule is C/C(N)=C/C(=N)Nc1nc(C(O)c2ccc(F)cc2)nc2cc(OCCN3CCOCC3)ccc12. The number of nitrogens with one attached hydrogen (secondary N) is 2. The Morgan fingerprint density at radius 1 is 1.26 bits per heavy atom. The van der Waals surface area contributed by atoms with Crippen molar-refractivity contribution in [1.82, 2.24) is 14.9 Å². The average molecular weight is 481 g/mol. The molecule has 35 heavy (non-hydrogen) atoms. The molecule has 0 saturated carbocycles. The molecule has 1 fully saturated rings. The van der Waals surface area contributed by atoms with E-state index in [-0.39, 0.29) is 11.7 Å². The summed E-state index contributed by atoms with van der Waals surface area (Å²) in [5.41, 5.74) is 7.14. The Morgan fingerprint density at radius 2 is 2.00 bits per heavy atom. The van der Waals surface area contributed by atoms with Gasteiger partial charge in [-0.25, -0.2) is 14.4 Å². The number of allylic oxidation sites excluding steroid dienone is 1. The van der Waals surface area contributed by atoms with Gasteiger partial charge < -0.3 is 25.6 Å². The fourth-order valence-corrected chi connectivity index (χ4v) is 3.74. The van der Waals surface area contributed by atoms with Crippen molar-refractivity contribution in [3.05, 3.63) is 71.4 Å². The van der Waals surface area contributed by atoms with Crippen LogP contribution in [0.4, 0.5) is 10.2 Å². The molecular weight excluding hydrogens is 451 g/mol. The van der Waals surface area contributed by atoms with Gasteiger partial charge in [-0.1, -0.05) is 12.1 Å². The number of benzene rings is 2. The first kappa shape index (κ1) is 24.5. The van der Waals surface area contributed by atoms with Gasteiger partial charge in [0.25, 0.3) is 0 Å². The molecule has 10 heteroatoms. The van der Waals surface area contributed by atoms with Crippen molar-refractivity contribution in [1.29, 1.82) is 5.41 Å². The zero-order valence-electron chi connectivity index (χ0n) is 19.5. The summed E-state index contributed by atoms with van der Waals surface area (Å²) in [4.78, 5) is 11.3. The van der Waals surface area contributed by atoms with Crippen LogP contribution in [0.5, 0.6) is 5.75 Å². The summed E-state index contributed by atoms with van der Waals surface area (Å²) < 4.78 is 24.7. The highest BCUT2D eigenvalue weighted by Gasteiger charge is 2.18. The molecule has 3 aromatic rings. The first-order valence-corrected chi connectivity index (χ1v) is 11.4. The second kappa shape index (κ2) is 11.2. The number of hydrogen-bond donors (Lipinski definition) is 4.